The normalized spacial score (nSPS) is 21.1. The number of hydrogen-bond acceptors (Lipinski definition) is 11. The van der Waals surface area contributed by atoms with Crippen molar-refractivity contribution in [3.8, 4) is 11.1 Å². The van der Waals surface area contributed by atoms with Crippen molar-refractivity contribution in [3.05, 3.63) is 112 Å². The number of thiazole rings is 1. The van der Waals surface area contributed by atoms with Gasteiger partial charge in [0.15, 0.2) is 11.2 Å². The zero-order chi connectivity index (χ0) is 45.7. The maximum absolute atomic E-state index is 15.9. The van der Waals surface area contributed by atoms with Crippen molar-refractivity contribution in [2.75, 3.05) is 61.3 Å². The fourth-order valence-corrected chi connectivity index (χ4v) is 10.5. The molecule has 3 atom stereocenters. The number of imide groups is 1. The number of halogens is 3. The van der Waals surface area contributed by atoms with E-state index in [0.717, 1.165) is 24.3 Å². The van der Waals surface area contributed by atoms with Crippen LogP contribution in [0, 0.1) is 5.82 Å². The number of nitrogens with one attached hydrogen (secondary N) is 3. The molecule has 5 aliphatic rings. The quantitative estimate of drug-likeness (QED) is 0.146. The summed E-state index contributed by atoms with van der Waals surface area (Å²) in [6.07, 6.45) is 5.64. The first-order valence-corrected chi connectivity index (χ1v) is 23.1. The molecule has 0 radical (unpaired) electrons. The lowest BCUT2D eigenvalue weighted by molar-refractivity contribution is -0.137. The summed E-state index contributed by atoms with van der Waals surface area (Å²) in [7, 11) is 0. The highest BCUT2D eigenvalue weighted by Gasteiger charge is 2.46. The van der Waals surface area contributed by atoms with Crippen molar-refractivity contribution in [3.63, 3.8) is 0 Å². The van der Waals surface area contributed by atoms with E-state index in [2.05, 4.69) is 30.8 Å². The molecule has 2 aromatic heterocycles. The molecule has 5 aliphatic heterocycles. The molecule has 3 aromatic carbocycles. The molecule has 342 valence electrons. The number of nitrogens with zero attached hydrogens (tertiary/aromatic N) is 7. The van der Waals surface area contributed by atoms with Gasteiger partial charge in [0.2, 0.25) is 17.7 Å². The Morgan fingerprint density at radius 2 is 1.70 bits per heavy atom. The monoisotopic (exact) mass is 920 g/mol. The third-order valence-electron chi connectivity index (χ3n) is 13.4. The molecule has 5 amide bonds. The fourth-order valence-electron chi connectivity index (χ4n) is 9.94. The molecule has 10 rings (SSSR count). The molecule has 0 spiro atoms. The standard InChI is InChI=1S/C47H47F3N10O5S/c48-36-23-30(22-33-34(36)24-60(45(33)65)42(44(64)55-46-51-14-21-66-46)41-38-2-1-15-59(38)27-52-41)28-5-9-32(10-6-28)57-17-19-58(20-18-57)40(62)25-56-16-13-35(47(49,50)26-56)29-3-7-31(8-4-29)53-37-11-12-39(61)54-43(37)63/h3-10,14,21-23,27,35,37,42,53H,1-2,11-13,15-20,24-26H2,(H,51,55,64)(H,54,61,63). The molecule has 5 aromatic rings. The molecule has 0 bridgehead atoms. The second kappa shape index (κ2) is 17.7. The molecule has 15 nitrogen and oxygen atoms in total. The number of alkyl halides is 2. The van der Waals surface area contributed by atoms with Gasteiger partial charge in [-0.25, -0.2) is 23.1 Å². The number of carbonyl (C=O) groups excluding carboxylic acids is 5. The zero-order valence-electron chi connectivity index (χ0n) is 35.9. The van der Waals surface area contributed by atoms with Gasteiger partial charge < -0.3 is 24.6 Å². The van der Waals surface area contributed by atoms with Crippen LogP contribution in [-0.4, -0.2) is 117 Å². The zero-order valence-corrected chi connectivity index (χ0v) is 36.7. The number of fused-ring (bicyclic) bond motifs is 2. The highest BCUT2D eigenvalue weighted by Crippen LogP contribution is 2.41. The van der Waals surface area contributed by atoms with Crippen molar-refractivity contribution < 1.29 is 37.1 Å². The Kier molecular flexibility index (Phi) is 11.6. The van der Waals surface area contributed by atoms with E-state index >= 15 is 13.2 Å². The summed E-state index contributed by atoms with van der Waals surface area (Å²) in [5.74, 6) is -6.47. The van der Waals surface area contributed by atoms with Gasteiger partial charge in [0.1, 0.15) is 11.9 Å². The molecule has 19 heteroatoms. The second-order valence-corrected chi connectivity index (χ2v) is 18.4. The van der Waals surface area contributed by atoms with Gasteiger partial charge in [-0.05, 0) is 85.3 Å². The predicted molar refractivity (Wildman–Crippen MR) is 240 cm³/mol. The van der Waals surface area contributed by atoms with E-state index in [4.69, 9.17) is 0 Å². The topological polar surface area (TPSA) is 165 Å². The minimum absolute atomic E-state index is 0.0910. The van der Waals surface area contributed by atoms with Gasteiger partial charge in [0.25, 0.3) is 17.7 Å². The minimum atomic E-state index is -3.06. The van der Waals surface area contributed by atoms with Crippen molar-refractivity contribution in [1.82, 2.24) is 34.6 Å². The molecule has 66 heavy (non-hydrogen) atoms. The van der Waals surface area contributed by atoms with E-state index in [0.29, 0.717) is 78.8 Å². The number of amides is 5. The van der Waals surface area contributed by atoms with E-state index in [1.54, 1.807) is 53.1 Å². The Hall–Kier alpha value is -6.60. The summed E-state index contributed by atoms with van der Waals surface area (Å²) < 4.78 is 49.2. The van der Waals surface area contributed by atoms with Gasteiger partial charge in [-0.3, -0.25) is 39.5 Å². The maximum Gasteiger partial charge on any atom is 0.267 e. The molecule has 0 aliphatic carbocycles. The Morgan fingerprint density at radius 3 is 2.42 bits per heavy atom. The SMILES string of the molecule is O=C1CCC(Nc2ccc(C3CCN(CC(=O)N4CCN(c5ccc(-c6cc(F)c7c(c6)C(=O)N(C(C(=O)Nc6nccs6)c6ncn8c6CCC8)C7)cc5)CC4)CC3(F)F)cc2)C(=O)N1. The molecule has 3 N–H and O–H groups in total. The van der Waals surface area contributed by atoms with Gasteiger partial charge in [-0.1, -0.05) is 24.3 Å². The maximum atomic E-state index is 15.9. The van der Waals surface area contributed by atoms with Crippen LogP contribution in [0.2, 0.25) is 0 Å². The molecular weight excluding hydrogens is 874 g/mol. The molecule has 7 heterocycles. The van der Waals surface area contributed by atoms with Gasteiger partial charge >= 0.3 is 0 Å². The Balaban J connectivity index is 0.736. The summed E-state index contributed by atoms with van der Waals surface area (Å²) in [6.45, 7) is 2.30. The highest BCUT2D eigenvalue weighted by atomic mass is 32.1. The minimum Gasteiger partial charge on any atom is -0.374 e. The summed E-state index contributed by atoms with van der Waals surface area (Å²) in [5.41, 5.74) is 4.98. The van der Waals surface area contributed by atoms with Crippen LogP contribution in [0.3, 0.4) is 0 Å². The van der Waals surface area contributed by atoms with Crippen LogP contribution < -0.4 is 20.9 Å². The number of rotatable bonds is 11. The number of aromatic nitrogens is 3. The average molecular weight is 921 g/mol. The van der Waals surface area contributed by atoms with E-state index in [1.807, 2.05) is 28.8 Å². The highest BCUT2D eigenvalue weighted by molar-refractivity contribution is 7.13. The number of imidazole rings is 1. The number of anilines is 3. The van der Waals surface area contributed by atoms with Crippen LogP contribution in [0.5, 0.6) is 0 Å². The molecular formula is C47H47F3N10O5S. The Morgan fingerprint density at radius 1 is 0.909 bits per heavy atom. The van der Waals surface area contributed by atoms with Crippen LogP contribution in [-0.2, 0) is 38.7 Å². The largest absolute Gasteiger partial charge is 0.374 e. The summed E-state index contributed by atoms with van der Waals surface area (Å²) in [5, 5.41) is 10.3. The van der Waals surface area contributed by atoms with E-state index in [9.17, 15) is 24.0 Å². The van der Waals surface area contributed by atoms with Crippen molar-refractivity contribution in [1.29, 1.82) is 0 Å². The third-order valence-corrected chi connectivity index (χ3v) is 14.1. The second-order valence-electron chi connectivity index (χ2n) is 17.5. The van der Waals surface area contributed by atoms with Gasteiger partial charge in [-0.2, -0.15) is 0 Å². The average Bonchev–Trinajstić information content (AvgIpc) is 4.13. The number of benzene rings is 3. The van der Waals surface area contributed by atoms with Crippen LogP contribution in [0.25, 0.3) is 11.1 Å². The third kappa shape index (κ3) is 8.52. The van der Waals surface area contributed by atoms with Crippen LogP contribution >= 0.6 is 11.3 Å². The molecule has 0 saturated carbocycles. The van der Waals surface area contributed by atoms with Crippen LogP contribution in [0.4, 0.5) is 29.7 Å². The van der Waals surface area contributed by atoms with Crippen LogP contribution in [0.1, 0.15) is 70.5 Å². The Labute approximate surface area is 382 Å². The number of carbonyl (C=O) groups is 5. The fraction of sp³-hybridized carbons (Fsp3) is 0.383. The van der Waals surface area contributed by atoms with Gasteiger partial charge in [0, 0.05) is 78.9 Å². The van der Waals surface area contributed by atoms with Crippen molar-refractivity contribution in [2.45, 2.75) is 69.1 Å². The lowest BCUT2D eigenvalue weighted by Crippen LogP contribution is -2.54. The lowest BCUT2D eigenvalue weighted by atomic mass is 9.86. The number of piperidine rings is 2. The predicted octanol–water partition coefficient (Wildman–Crippen LogP) is 5.42. The summed E-state index contributed by atoms with van der Waals surface area (Å²) in [6, 6.07) is 15.6. The number of aryl methyl sites for hydroxylation is 1. The molecule has 3 fully saturated rings. The van der Waals surface area contributed by atoms with E-state index < -0.39 is 54.0 Å². The first-order chi connectivity index (χ1) is 31.9. The first kappa shape index (κ1) is 43.3. The molecule has 3 unspecified atom stereocenters. The smallest absolute Gasteiger partial charge is 0.267 e. The van der Waals surface area contributed by atoms with E-state index in [-0.39, 0.29) is 48.9 Å². The number of likely N-dealkylation sites (tertiary alicyclic amines) is 1. The summed E-state index contributed by atoms with van der Waals surface area (Å²) >= 11 is 1.26. The van der Waals surface area contributed by atoms with E-state index in [1.165, 1.54) is 27.2 Å². The van der Waals surface area contributed by atoms with Gasteiger partial charge in [-0.15, -0.1) is 11.3 Å². The number of hydrogen-bond donors (Lipinski definition) is 3. The van der Waals surface area contributed by atoms with Crippen LogP contribution in [0.15, 0.2) is 78.6 Å². The van der Waals surface area contributed by atoms with Gasteiger partial charge in [0.05, 0.1) is 37.6 Å². The number of piperazine rings is 1. The Bertz CT molecular complexity index is 2690. The van der Waals surface area contributed by atoms with Crippen molar-refractivity contribution >= 4 is 57.4 Å². The lowest BCUT2D eigenvalue weighted by Gasteiger charge is -2.40. The molecule has 3 saturated heterocycles. The van der Waals surface area contributed by atoms with Crippen molar-refractivity contribution in [2.24, 2.45) is 0 Å². The summed E-state index contributed by atoms with van der Waals surface area (Å²) in [4.78, 5) is 80.5. The first-order valence-electron chi connectivity index (χ1n) is 22.2.